The predicted molar refractivity (Wildman–Crippen MR) is 92.7 cm³/mol. The number of benzene rings is 1. The molecule has 0 radical (unpaired) electrons. The maximum Gasteiger partial charge on any atom is 0.262 e. The van der Waals surface area contributed by atoms with Gasteiger partial charge in [-0.1, -0.05) is 37.7 Å². The molecule has 0 amide bonds. The number of rotatable bonds is 7. The molecule has 0 aliphatic rings. The number of nitrogens with zero attached hydrogens (tertiary/aromatic N) is 2. The second-order valence-electron chi connectivity index (χ2n) is 5.81. The lowest BCUT2D eigenvalue weighted by Gasteiger charge is -2.15. The zero-order valence-electron chi connectivity index (χ0n) is 13.7. The van der Waals surface area contributed by atoms with Crippen LogP contribution in [-0.2, 0) is 11.3 Å². The van der Waals surface area contributed by atoms with Gasteiger partial charge in [0.25, 0.3) is 5.56 Å². The minimum absolute atomic E-state index is 0.0401. The Labute approximate surface area is 135 Å². The van der Waals surface area contributed by atoms with Crippen LogP contribution < -0.4 is 5.56 Å². The number of fused-ring (bicyclic) bond motifs is 1. The monoisotopic (exact) mass is 320 g/mol. The highest BCUT2D eigenvalue weighted by molar-refractivity contribution is 7.99. The Morgan fingerprint density at radius 3 is 2.64 bits per heavy atom. The van der Waals surface area contributed by atoms with Crippen LogP contribution in [0, 0.1) is 0 Å². The van der Waals surface area contributed by atoms with Crippen LogP contribution >= 0.6 is 11.8 Å². The van der Waals surface area contributed by atoms with Gasteiger partial charge in [0, 0.05) is 18.4 Å². The summed E-state index contributed by atoms with van der Waals surface area (Å²) in [6, 6.07) is 7.54. The van der Waals surface area contributed by atoms with Crippen molar-refractivity contribution in [2.75, 3.05) is 6.61 Å². The molecule has 0 saturated carbocycles. The van der Waals surface area contributed by atoms with Gasteiger partial charge in [0.15, 0.2) is 5.16 Å². The molecule has 0 fully saturated rings. The summed E-state index contributed by atoms with van der Waals surface area (Å²) in [7, 11) is 0. The largest absolute Gasteiger partial charge is 0.379 e. The van der Waals surface area contributed by atoms with Crippen molar-refractivity contribution in [1.29, 1.82) is 0 Å². The van der Waals surface area contributed by atoms with Crippen LogP contribution in [0.25, 0.3) is 10.9 Å². The van der Waals surface area contributed by atoms with Crippen LogP contribution in [0.4, 0.5) is 0 Å². The van der Waals surface area contributed by atoms with Crippen molar-refractivity contribution >= 4 is 22.7 Å². The van der Waals surface area contributed by atoms with Crippen molar-refractivity contribution in [3.63, 3.8) is 0 Å². The molecule has 0 spiro atoms. The molecular weight excluding hydrogens is 296 g/mol. The average molecular weight is 320 g/mol. The van der Waals surface area contributed by atoms with Gasteiger partial charge in [-0.25, -0.2) is 4.98 Å². The normalized spacial score (nSPS) is 11.7. The summed E-state index contributed by atoms with van der Waals surface area (Å²) in [6.07, 6.45) is 1.03. The van der Waals surface area contributed by atoms with E-state index in [4.69, 9.17) is 4.74 Å². The molecule has 2 rings (SSSR count). The molecule has 0 N–H and O–H groups in total. The van der Waals surface area contributed by atoms with Gasteiger partial charge in [0.05, 0.1) is 17.0 Å². The lowest BCUT2D eigenvalue weighted by molar-refractivity contribution is 0.0743. The molecule has 0 atom stereocenters. The van der Waals surface area contributed by atoms with Crippen molar-refractivity contribution in [1.82, 2.24) is 9.55 Å². The summed E-state index contributed by atoms with van der Waals surface area (Å²) in [5.74, 6) is 0. The third-order valence-corrected chi connectivity index (χ3v) is 4.14. The van der Waals surface area contributed by atoms with Crippen molar-refractivity contribution in [2.24, 2.45) is 0 Å². The zero-order valence-corrected chi connectivity index (χ0v) is 14.5. The van der Waals surface area contributed by atoms with E-state index in [0.29, 0.717) is 23.8 Å². The molecular formula is C17H24N2O2S. The molecule has 4 nitrogen and oxygen atoms in total. The van der Waals surface area contributed by atoms with E-state index in [-0.39, 0.29) is 11.7 Å². The number of aromatic nitrogens is 2. The van der Waals surface area contributed by atoms with Gasteiger partial charge in [-0.2, -0.15) is 0 Å². The predicted octanol–water partition coefficient (Wildman–Crippen LogP) is 3.71. The molecule has 22 heavy (non-hydrogen) atoms. The fraction of sp³-hybridized carbons (Fsp3) is 0.529. The summed E-state index contributed by atoms with van der Waals surface area (Å²) in [4.78, 5) is 17.4. The second kappa shape index (κ2) is 7.79. The Hall–Kier alpha value is -1.33. The van der Waals surface area contributed by atoms with Crippen LogP contribution in [0.5, 0.6) is 0 Å². The van der Waals surface area contributed by atoms with E-state index in [9.17, 15) is 4.79 Å². The van der Waals surface area contributed by atoms with Gasteiger partial charge >= 0.3 is 0 Å². The number of para-hydroxylation sites is 1. The lowest BCUT2D eigenvalue weighted by Crippen LogP contribution is -2.24. The third kappa shape index (κ3) is 4.34. The standard InChI is InChI=1S/C17H24N2O2S/c1-12(2)21-11-7-10-19-16(20)14-8-5-6-9-15(14)18-17(19)22-13(3)4/h5-6,8-9,12-13H,7,10-11H2,1-4H3. The molecule has 0 unspecified atom stereocenters. The van der Waals surface area contributed by atoms with Crippen LogP contribution in [0.3, 0.4) is 0 Å². The molecule has 5 heteroatoms. The molecule has 0 saturated heterocycles. The van der Waals surface area contributed by atoms with Gasteiger partial charge < -0.3 is 4.74 Å². The highest BCUT2D eigenvalue weighted by Crippen LogP contribution is 2.22. The first-order valence-corrected chi connectivity index (χ1v) is 8.65. The maximum atomic E-state index is 12.7. The Kier molecular flexibility index (Phi) is 6.03. The third-order valence-electron chi connectivity index (χ3n) is 3.14. The fourth-order valence-corrected chi connectivity index (χ4v) is 3.06. The fourth-order valence-electron chi connectivity index (χ4n) is 2.19. The average Bonchev–Trinajstić information content (AvgIpc) is 2.45. The highest BCUT2D eigenvalue weighted by Gasteiger charge is 2.12. The van der Waals surface area contributed by atoms with Gasteiger partial charge in [0.1, 0.15) is 0 Å². The summed E-state index contributed by atoms with van der Waals surface area (Å²) in [6.45, 7) is 9.55. The lowest BCUT2D eigenvalue weighted by atomic mass is 10.2. The van der Waals surface area contributed by atoms with Crippen molar-refractivity contribution < 1.29 is 4.74 Å². The smallest absolute Gasteiger partial charge is 0.262 e. The number of hydrogen-bond acceptors (Lipinski definition) is 4. The molecule has 0 bridgehead atoms. The quantitative estimate of drug-likeness (QED) is 0.443. The first kappa shape index (κ1) is 17.0. The van der Waals surface area contributed by atoms with E-state index in [1.54, 1.807) is 16.3 Å². The number of ether oxygens (including phenoxy) is 1. The SMILES string of the molecule is CC(C)OCCCn1c(SC(C)C)nc2ccccc2c1=O. The summed E-state index contributed by atoms with van der Waals surface area (Å²) in [5, 5.41) is 1.86. The van der Waals surface area contributed by atoms with Gasteiger partial charge in [0.2, 0.25) is 0 Å². The molecule has 1 heterocycles. The van der Waals surface area contributed by atoms with E-state index in [1.165, 1.54) is 0 Å². The van der Waals surface area contributed by atoms with Crippen LogP contribution in [0.1, 0.15) is 34.1 Å². The summed E-state index contributed by atoms with van der Waals surface area (Å²) < 4.78 is 7.36. The van der Waals surface area contributed by atoms with E-state index >= 15 is 0 Å². The molecule has 1 aromatic carbocycles. The zero-order chi connectivity index (χ0) is 16.1. The van der Waals surface area contributed by atoms with Crippen LogP contribution in [0.15, 0.2) is 34.2 Å². The van der Waals surface area contributed by atoms with Gasteiger partial charge in [-0.05, 0) is 32.4 Å². The topological polar surface area (TPSA) is 44.1 Å². The summed E-state index contributed by atoms with van der Waals surface area (Å²) >= 11 is 1.63. The van der Waals surface area contributed by atoms with E-state index in [1.807, 2.05) is 38.1 Å². The molecule has 2 aromatic rings. The minimum Gasteiger partial charge on any atom is -0.379 e. The Morgan fingerprint density at radius 2 is 1.95 bits per heavy atom. The Balaban J connectivity index is 2.31. The van der Waals surface area contributed by atoms with Crippen molar-refractivity contribution in [3.8, 4) is 0 Å². The Morgan fingerprint density at radius 1 is 1.23 bits per heavy atom. The molecule has 120 valence electrons. The van der Waals surface area contributed by atoms with E-state index in [0.717, 1.165) is 17.1 Å². The molecule has 1 aromatic heterocycles. The van der Waals surface area contributed by atoms with Gasteiger partial charge in [-0.15, -0.1) is 0 Å². The molecule has 0 aliphatic heterocycles. The van der Waals surface area contributed by atoms with Crippen molar-refractivity contribution in [3.05, 3.63) is 34.6 Å². The van der Waals surface area contributed by atoms with E-state index < -0.39 is 0 Å². The van der Waals surface area contributed by atoms with Gasteiger partial charge in [-0.3, -0.25) is 9.36 Å². The number of thioether (sulfide) groups is 1. The second-order valence-corrected chi connectivity index (χ2v) is 7.35. The van der Waals surface area contributed by atoms with Crippen molar-refractivity contribution in [2.45, 2.75) is 57.2 Å². The summed E-state index contributed by atoms with van der Waals surface area (Å²) in [5.41, 5.74) is 0.809. The molecule has 0 aliphatic carbocycles. The Bertz CT molecular complexity index is 680. The van der Waals surface area contributed by atoms with Crippen LogP contribution in [-0.4, -0.2) is 27.5 Å². The first-order chi connectivity index (χ1) is 10.5. The highest BCUT2D eigenvalue weighted by atomic mass is 32.2. The minimum atomic E-state index is 0.0401. The van der Waals surface area contributed by atoms with E-state index in [2.05, 4.69) is 18.8 Å². The maximum absolute atomic E-state index is 12.7. The first-order valence-electron chi connectivity index (χ1n) is 7.77. The van der Waals surface area contributed by atoms with Crippen LogP contribution in [0.2, 0.25) is 0 Å². The number of hydrogen-bond donors (Lipinski definition) is 0.